The number of hydrogen-bond donors (Lipinski definition) is 1. The maximum atomic E-state index is 4.31. The third-order valence-electron chi connectivity index (χ3n) is 4.61. The molecule has 0 aromatic rings. The van der Waals surface area contributed by atoms with Crippen molar-refractivity contribution in [2.45, 2.75) is 64.8 Å². The second-order valence-corrected chi connectivity index (χ2v) is 6.42. The third-order valence-corrected chi connectivity index (χ3v) is 4.87. The molecule has 1 aliphatic carbocycles. The van der Waals surface area contributed by atoms with E-state index in [2.05, 4.69) is 38.4 Å². The Morgan fingerprint density at radius 2 is 1.82 bits per heavy atom. The van der Waals surface area contributed by atoms with Crippen molar-refractivity contribution in [1.29, 1.82) is 0 Å². The Bertz CT molecular complexity index is 187. The zero-order valence-electron chi connectivity index (χ0n) is 12.0. The molecule has 2 heteroatoms. The first-order valence-corrected chi connectivity index (χ1v) is 8.11. The van der Waals surface area contributed by atoms with Gasteiger partial charge in [0.1, 0.15) is 0 Å². The molecule has 1 aliphatic rings. The Morgan fingerprint density at radius 3 is 2.35 bits per heavy atom. The van der Waals surface area contributed by atoms with Crippen LogP contribution in [0, 0.1) is 11.8 Å². The highest BCUT2D eigenvalue weighted by atomic mass is 32.1. The third kappa shape index (κ3) is 5.65. The van der Waals surface area contributed by atoms with Gasteiger partial charge in [-0.1, -0.05) is 20.3 Å². The highest BCUT2D eigenvalue weighted by molar-refractivity contribution is 7.80. The van der Waals surface area contributed by atoms with E-state index in [-0.39, 0.29) is 0 Å². The Balaban J connectivity index is 2.17. The molecule has 0 N–H and O–H groups in total. The molecule has 17 heavy (non-hydrogen) atoms. The zero-order valence-corrected chi connectivity index (χ0v) is 12.9. The Labute approximate surface area is 114 Å². The molecule has 0 aliphatic heterocycles. The first-order valence-electron chi connectivity index (χ1n) is 7.48. The Kier molecular flexibility index (Phi) is 7.61. The Hall–Kier alpha value is 0.310. The van der Waals surface area contributed by atoms with Gasteiger partial charge in [-0.3, -0.25) is 0 Å². The van der Waals surface area contributed by atoms with Gasteiger partial charge in [-0.25, -0.2) is 0 Å². The average Bonchev–Trinajstić information content (AvgIpc) is 2.36. The largest absolute Gasteiger partial charge is 0.303 e. The molecule has 0 radical (unpaired) electrons. The van der Waals surface area contributed by atoms with Crippen LogP contribution in [0.25, 0.3) is 0 Å². The molecule has 1 saturated carbocycles. The van der Waals surface area contributed by atoms with Gasteiger partial charge in [-0.2, -0.15) is 12.6 Å². The molecule has 1 unspecified atom stereocenters. The van der Waals surface area contributed by atoms with Gasteiger partial charge in [0.25, 0.3) is 0 Å². The van der Waals surface area contributed by atoms with Gasteiger partial charge in [-0.15, -0.1) is 0 Å². The molecule has 0 spiro atoms. The lowest BCUT2D eigenvalue weighted by Gasteiger charge is -2.34. The van der Waals surface area contributed by atoms with Crippen LogP contribution in [-0.4, -0.2) is 30.3 Å². The van der Waals surface area contributed by atoms with Crippen molar-refractivity contribution in [3.8, 4) is 0 Å². The zero-order chi connectivity index (χ0) is 12.7. The van der Waals surface area contributed by atoms with Crippen molar-refractivity contribution in [3.63, 3.8) is 0 Å². The highest BCUT2D eigenvalue weighted by Crippen LogP contribution is 2.29. The van der Waals surface area contributed by atoms with Crippen molar-refractivity contribution >= 4 is 12.6 Å². The topological polar surface area (TPSA) is 3.24 Å². The highest BCUT2D eigenvalue weighted by Gasteiger charge is 2.22. The van der Waals surface area contributed by atoms with Gasteiger partial charge in [-0.05, 0) is 69.7 Å². The van der Waals surface area contributed by atoms with Crippen LogP contribution in [0.3, 0.4) is 0 Å². The van der Waals surface area contributed by atoms with Crippen molar-refractivity contribution in [2.24, 2.45) is 11.8 Å². The maximum Gasteiger partial charge on any atom is 0.00924 e. The summed E-state index contributed by atoms with van der Waals surface area (Å²) < 4.78 is 0. The smallest absolute Gasteiger partial charge is 0.00924 e. The normalized spacial score (nSPS) is 27.4. The van der Waals surface area contributed by atoms with Crippen molar-refractivity contribution in [1.82, 2.24) is 4.90 Å². The summed E-state index contributed by atoms with van der Waals surface area (Å²) in [6.07, 6.45) is 9.75. The second-order valence-electron chi connectivity index (χ2n) is 5.97. The van der Waals surface area contributed by atoms with Gasteiger partial charge in [0.05, 0.1) is 0 Å². The van der Waals surface area contributed by atoms with E-state index in [0.717, 1.165) is 23.6 Å². The van der Waals surface area contributed by atoms with Crippen LogP contribution < -0.4 is 0 Å². The monoisotopic (exact) mass is 257 g/mol. The molecule has 0 saturated heterocycles. The number of hydrogen-bond acceptors (Lipinski definition) is 2. The minimum absolute atomic E-state index is 0.835. The summed E-state index contributed by atoms with van der Waals surface area (Å²) in [5.41, 5.74) is 0. The molecular formula is C15H31NS. The van der Waals surface area contributed by atoms with E-state index in [4.69, 9.17) is 0 Å². The van der Waals surface area contributed by atoms with Crippen LogP contribution in [-0.2, 0) is 0 Å². The number of thiol groups is 1. The molecular weight excluding hydrogens is 226 g/mol. The molecule has 102 valence electrons. The average molecular weight is 257 g/mol. The van der Waals surface area contributed by atoms with E-state index in [0.29, 0.717) is 0 Å². The summed E-state index contributed by atoms with van der Waals surface area (Å²) in [6, 6.07) is 0.862. The minimum atomic E-state index is 0.835. The lowest BCUT2D eigenvalue weighted by molar-refractivity contribution is 0.156. The molecule has 0 heterocycles. The summed E-state index contributed by atoms with van der Waals surface area (Å²) in [5.74, 6) is 2.89. The van der Waals surface area contributed by atoms with Crippen LogP contribution in [0.15, 0.2) is 0 Å². The van der Waals surface area contributed by atoms with E-state index >= 15 is 0 Å². The van der Waals surface area contributed by atoms with Gasteiger partial charge in [0, 0.05) is 6.04 Å². The molecule has 0 aromatic carbocycles. The van der Waals surface area contributed by atoms with E-state index in [1.807, 2.05) is 0 Å². The van der Waals surface area contributed by atoms with Crippen molar-refractivity contribution in [2.75, 3.05) is 19.3 Å². The summed E-state index contributed by atoms with van der Waals surface area (Å²) in [5, 5.41) is 0. The van der Waals surface area contributed by atoms with Gasteiger partial charge in [0.15, 0.2) is 0 Å². The fraction of sp³-hybridized carbons (Fsp3) is 1.00. The fourth-order valence-corrected chi connectivity index (χ4v) is 3.41. The van der Waals surface area contributed by atoms with Crippen LogP contribution in [0.1, 0.15) is 58.8 Å². The summed E-state index contributed by atoms with van der Waals surface area (Å²) in [7, 11) is 2.32. The molecule has 1 nitrogen and oxygen atoms in total. The van der Waals surface area contributed by atoms with E-state index < -0.39 is 0 Å². The van der Waals surface area contributed by atoms with E-state index in [9.17, 15) is 0 Å². The number of rotatable bonds is 7. The summed E-state index contributed by atoms with van der Waals surface area (Å²) >= 11 is 4.31. The van der Waals surface area contributed by atoms with Crippen LogP contribution >= 0.6 is 12.6 Å². The number of nitrogens with zero attached hydrogens (tertiary/aromatic N) is 1. The summed E-state index contributed by atoms with van der Waals surface area (Å²) in [6.45, 7) is 5.97. The lowest BCUT2D eigenvalue weighted by atomic mass is 9.84. The molecule has 0 bridgehead atoms. The Morgan fingerprint density at radius 1 is 1.18 bits per heavy atom. The van der Waals surface area contributed by atoms with Crippen molar-refractivity contribution in [3.05, 3.63) is 0 Å². The van der Waals surface area contributed by atoms with E-state index in [1.54, 1.807) is 0 Å². The van der Waals surface area contributed by atoms with Crippen LogP contribution in [0.4, 0.5) is 0 Å². The molecule has 0 amide bonds. The van der Waals surface area contributed by atoms with E-state index in [1.165, 1.54) is 51.5 Å². The minimum Gasteiger partial charge on any atom is -0.303 e. The fourth-order valence-electron chi connectivity index (χ4n) is 2.97. The maximum absolute atomic E-state index is 4.31. The summed E-state index contributed by atoms with van der Waals surface area (Å²) in [4.78, 5) is 2.61. The lowest BCUT2D eigenvalue weighted by Crippen LogP contribution is -2.36. The molecule has 0 aromatic heterocycles. The molecule has 1 fully saturated rings. The standard InChI is InChI=1S/C15H31NS/c1-4-14-5-7-15(8-6-14)16(3)11-9-13(2)10-12-17/h13-15,17H,4-12H2,1-3H3. The van der Waals surface area contributed by atoms with Gasteiger partial charge < -0.3 is 4.90 Å². The van der Waals surface area contributed by atoms with Gasteiger partial charge >= 0.3 is 0 Å². The van der Waals surface area contributed by atoms with Crippen LogP contribution in [0.5, 0.6) is 0 Å². The predicted octanol–water partition coefficient (Wildman–Crippen LogP) is 4.23. The van der Waals surface area contributed by atoms with Crippen LogP contribution in [0.2, 0.25) is 0 Å². The molecule has 1 rings (SSSR count). The predicted molar refractivity (Wildman–Crippen MR) is 80.9 cm³/mol. The second kappa shape index (κ2) is 8.42. The molecule has 1 atom stereocenters. The first kappa shape index (κ1) is 15.4. The SMILES string of the molecule is CCC1CCC(N(C)CCC(C)CCS)CC1. The first-order chi connectivity index (χ1) is 8.17. The van der Waals surface area contributed by atoms with Crippen molar-refractivity contribution < 1.29 is 0 Å². The van der Waals surface area contributed by atoms with Gasteiger partial charge in [0.2, 0.25) is 0 Å². The quantitative estimate of drug-likeness (QED) is 0.668.